The van der Waals surface area contributed by atoms with E-state index in [0.29, 0.717) is 24.5 Å². The normalized spacial score (nSPS) is 27.2. The minimum absolute atomic E-state index is 0.149. The summed E-state index contributed by atoms with van der Waals surface area (Å²) in [5.74, 6) is 0.392. The summed E-state index contributed by atoms with van der Waals surface area (Å²) in [5.41, 5.74) is 5.99. The maximum Gasteiger partial charge on any atom is 0.185 e. The van der Waals surface area contributed by atoms with Crippen LogP contribution < -0.4 is 25.6 Å². The van der Waals surface area contributed by atoms with Crippen LogP contribution in [0.15, 0.2) is 18.2 Å². The molecule has 156 valence electrons. The van der Waals surface area contributed by atoms with Crippen molar-refractivity contribution in [1.29, 1.82) is 0 Å². The fourth-order valence-corrected chi connectivity index (χ4v) is 2.97. The quantitative estimate of drug-likeness (QED) is 0.189. The van der Waals surface area contributed by atoms with E-state index in [1.807, 2.05) is 12.1 Å². The lowest BCUT2D eigenvalue weighted by atomic mass is 9.85. The van der Waals surface area contributed by atoms with E-state index in [1.54, 1.807) is 20.3 Å². The van der Waals surface area contributed by atoms with Crippen molar-refractivity contribution < 1.29 is 34.7 Å². The first-order valence-electron chi connectivity index (χ1n) is 8.56. The van der Waals surface area contributed by atoms with Crippen LogP contribution in [0.25, 0.3) is 0 Å². The third-order valence-electron chi connectivity index (χ3n) is 4.45. The van der Waals surface area contributed by atoms with Crippen molar-refractivity contribution in [3.63, 3.8) is 0 Å². The van der Waals surface area contributed by atoms with Gasteiger partial charge in [-0.25, -0.2) is 5.43 Å². The molecule has 7 N–H and O–H groups in total. The van der Waals surface area contributed by atoms with Gasteiger partial charge in [-0.2, -0.15) is 0 Å². The van der Waals surface area contributed by atoms with Gasteiger partial charge < -0.3 is 35.2 Å². The Hall–Kier alpha value is -2.02. The second kappa shape index (κ2) is 9.96. The minimum atomic E-state index is -1.80. The van der Waals surface area contributed by atoms with Gasteiger partial charge in [0, 0.05) is 6.54 Å². The molecule has 0 bridgehead atoms. The van der Waals surface area contributed by atoms with Crippen molar-refractivity contribution >= 4 is 23.1 Å². The SMILES string of the molecule is COc1ccc(CCNC(=S)NNC2C(=O)[C@@H](O)[C@H](O)[C@H](O)[C@@H]2O)cc1OC. The fourth-order valence-electron chi connectivity index (χ4n) is 2.81. The molecule has 1 aliphatic carbocycles. The van der Waals surface area contributed by atoms with Crippen LogP contribution in [0, 0.1) is 0 Å². The number of rotatable bonds is 7. The van der Waals surface area contributed by atoms with E-state index in [-0.39, 0.29) is 5.11 Å². The predicted octanol–water partition coefficient (Wildman–Crippen LogP) is -2.39. The number of aliphatic hydroxyl groups is 4. The largest absolute Gasteiger partial charge is 0.493 e. The summed E-state index contributed by atoms with van der Waals surface area (Å²) in [6.07, 6.45) is -6.19. The van der Waals surface area contributed by atoms with E-state index in [2.05, 4.69) is 16.2 Å². The average Bonchev–Trinajstić information content (AvgIpc) is 2.70. The van der Waals surface area contributed by atoms with Gasteiger partial charge in [0.1, 0.15) is 30.5 Å². The number of benzene rings is 1. The molecule has 0 heterocycles. The summed E-state index contributed by atoms with van der Waals surface area (Å²) < 4.78 is 10.4. The number of carbonyl (C=O) groups is 1. The first-order valence-corrected chi connectivity index (χ1v) is 8.97. The van der Waals surface area contributed by atoms with Crippen LogP contribution in [0.5, 0.6) is 11.5 Å². The molecule has 1 aromatic carbocycles. The van der Waals surface area contributed by atoms with Gasteiger partial charge in [-0.1, -0.05) is 6.07 Å². The maximum absolute atomic E-state index is 11.9. The molecule has 0 saturated heterocycles. The summed E-state index contributed by atoms with van der Waals surface area (Å²) >= 11 is 5.09. The first-order chi connectivity index (χ1) is 13.3. The molecule has 1 saturated carbocycles. The van der Waals surface area contributed by atoms with Crippen LogP contribution in [0.3, 0.4) is 0 Å². The predicted molar refractivity (Wildman–Crippen MR) is 103 cm³/mol. The molecule has 0 amide bonds. The highest BCUT2D eigenvalue weighted by atomic mass is 32.1. The molecule has 2 rings (SSSR count). The van der Waals surface area contributed by atoms with Crippen LogP contribution in [0.1, 0.15) is 5.56 Å². The molecule has 1 fully saturated rings. The third-order valence-corrected chi connectivity index (χ3v) is 4.70. The van der Waals surface area contributed by atoms with Gasteiger partial charge in [-0.15, -0.1) is 0 Å². The van der Waals surface area contributed by atoms with Gasteiger partial charge in [0.2, 0.25) is 0 Å². The van der Waals surface area contributed by atoms with Crippen LogP contribution >= 0.6 is 12.2 Å². The van der Waals surface area contributed by atoms with E-state index in [0.717, 1.165) is 5.56 Å². The second-order valence-electron chi connectivity index (χ2n) is 6.26. The average molecular weight is 415 g/mol. The molecular formula is C17H25N3O7S. The highest BCUT2D eigenvalue weighted by Crippen LogP contribution is 2.27. The molecule has 28 heavy (non-hydrogen) atoms. The molecule has 10 nitrogen and oxygen atoms in total. The molecule has 0 radical (unpaired) electrons. The van der Waals surface area contributed by atoms with Crippen LogP contribution in [0.4, 0.5) is 0 Å². The molecule has 0 spiro atoms. The van der Waals surface area contributed by atoms with Crippen LogP contribution in [-0.2, 0) is 11.2 Å². The number of ether oxygens (including phenoxy) is 2. The summed E-state index contributed by atoms with van der Waals surface area (Å²) in [6, 6.07) is 4.20. The molecular weight excluding hydrogens is 390 g/mol. The van der Waals surface area contributed by atoms with E-state index < -0.39 is 36.2 Å². The Labute approximate surface area is 167 Å². The van der Waals surface area contributed by atoms with Crippen LogP contribution in [-0.4, -0.2) is 82.5 Å². The van der Waals surface area contributed by atoms with Crippen molar-refractivity contribution in [3.8, 4) is 11.5 Å². The van der Waals surface area contributed by atoms with Gasteiger partial charge >= 0.3 is 0 Å². The van der Waals surface area contributed by atoms with E-state index >= 15 is 0 Å². The zero-order chi connectivity index (χ0) is 20.8. The number of aliphatic hydroxyl groups excluding tert-OH is 4. The summed E-state index contributed by atoms with van der Waals surface area (Å²) in [7, 11) is 3.11. The second-order valence-corrected chi connectivity index (χ2v) is 6.67. The summed E-state index contributed by atoms with van der Waals surface area (Å²) in [5, 5.41) is 41.7. The van der Waals surface area contributed by atoms with Gasteiger partial charge in [-0.3, -0.25) is 10.2 Å². The van der Waals surface area contributed by atoms with Crippen molar-refractivity contribution in [2.45, 2.75) is 36.9 Å². The number of thiocarbonyl (C=S) groups is 1. The topological polar surface area (TPSA) is 153 Å². The first kappa shape index (κ1) is 22.3. The molecule has 1 unspecified atom stereocenters. The Morgan fingerprint density at radius 3 is 2.39 bits per heavy atom. The number of ketones is 1. The Bertz CT molecular complexity index is 705. The highest BCUT2D eigenvalue weighted by Gasteiger charge is 2.48. The standard InChI is InChI=1S/C17H25N3O7S/c1-26-9-4-3-8(7-10(9)27-2)5-6-18-17(28)20-19-11-12(21)14(23)16(25)15(24)13(11)22/h3-4,7,11-12,14-16,19,21,23-25H,5-6H2,1-2H3,(H2,18,20,28)/t11?,12-,14-,15-,16-/m1/s1. The number of hydrogen-bond donors (Lipinski definition) is 7. The van der Waals surface area contributed by atoms with Crippen molar-refractivity contribution in [2.75, 3.05) is 20.8 Å². The zero-order valence-corrected chi connectivity index (χ0v) is 16.3. The highest BCUT2D eigenvalue weighted by molar-refractivity contribution is 7.80. The zero-order valence-electron chi connectivity index (χ0n) is 15.5. The lowest BCUT2D eigenvalue weighted by Gasteiger charge is -2.37. The Balaban J connectivity index is 1.81. The summed E-state index contributed by atoms with van der Waals surface area (Å²) in [4.78, 5) is 11.9. The molecule has 0 aliphatic heterocycles. The fraction of sp³-hybridized carbons (Fsp3) is 0.529. The number of carbonyl (C=O) groups excluding carboxylic acids is 1. The molecule has 1 aromatic rings. The summed E-state index contributed by atoms with van der Waals surface area (Å²) in [6.45, 7) is 0.466. The monoisotopic (exact) mass is 415 g/mol. The molecule has 1 aliphatic rings. The van der Waals surface area contributed by atoms with E-state index in [9.17, 15) is 25.2 Å². The number of Topliss-reactive ketones (excluding diaryl/α,β-unsaturated/α-hetero) is 1. The number of methoxy groups -OCH3 is 2. The Kier molecular flexibility index (Phi) is 7.92. The lowest BCUT2D eigenvalue weighted by Crippen LogP contribution is -2.68. The smallest absolute Gasteiger partial charge is 0.185 e. The van der Waals surface area contributed by atoms with E-state index in [1.165, 1.54) is 0 Å². The van der Waals surface area contributed by atoms with Crippen molar-refractivity contribution in [3.05, 3.63) is 23.8 Å². The van der Waals surface area contributed by atoms with Crippen molar-refractivity contribution in [2.24, 2.45) is 0 Å². The third kappa shape index (κ3) is 5.07. The van der Waals surface area contributed by atoms with E-state index in [4.69, 9.17) is 21.7 Å². The molecule has 11 heteroatoms. The lowest BCUT2D eigenvalue weighted by molar-refractivity contribution is -0.169. The molecule has 0 aromatic heterocycles. The number of hydrazine groups is 1. The Morgan fingerprint density at radius 2 is 1.75 bits per heavy atom. The Morgan fingerprint density at radius 1 is 1.07 bits per heavy atom. The maximum atomic E-state index is 11.9. The minimum Gasteiger partial charge on any atom is -0.493 e. The molecule has 5 atom stereocenters. The number of nitrogens with one attached hydrogen (secondary N) is 3. The van der Waals surface area contributed by atoms with Gasteiger partial charge in [0.25, 0.3) is 0 Å². The van der Waals surface area contributed by atoms with Gasteiger partial charge in [-0.05, 0) is 36.3 Å². The van der Waals surface area contributed by atoms with Gasteiger partial charge in [0.05, 0.1) is 14.2 Å². The number of hydrogen-bond acceptors (Lipinski definition) is 9. The van der Waals surface area contributed by atoms with Crippen LogP contribution in [0.2, 0.25) is 0 Å². The van der Waals surface area contributed by atoms with Gasteiger partial charge in [0.15, 0.2) is 22.4 Å². The van der Waals surface area contributed by atoms with Crippen molar-refractivity contribution in [1.82, 2.24) is 16.2 Å².